The Morgan fingerprint density at radius 3 is 2.79 bits per heavy atom. The van der Waals surface area contributed by atoms with Crippen molar-refractivity contribution in [3.63, 3.8) is 0 Å². The SMILES string of the molecule is CCc1ccc(OCC2CC2)c(Cl)c1. The van der Waals surface area contributed by atoms with Gasteiger partial charge in [-0.05, 0) is 42.9 Å². The van der Waals surface area contributed by atoms with Crippen LogP contribution in [0.4, 0.5) is 0 Å². The zero-order chi connectivity index (χ0) is 9.97. The maximum absolute atomic E-state index is 6.09. The Morgan fingerprint density at radius 1 is 1.43 bits per heavy atom. The molecule has 2 heteroatoms. The Kier molecular flexibility index (Phi) is 2.97. The van der Waals surface area contributed by atoms with Gasteiger partial charge in [-0.25, -0.2) is 0 Å². The summed E-state index contributed by atoms with van der Waals surface area (Å²) in [6, 6.07) is 6.04. The van der Waals surface area contributed by atoms with Crippen molar-refractivity contribution in [2.45, 2.75) is 26.2 Å². The number of halogens is 1. The summed E-state index contributed by atoms with van der Waals surface area (Å²) in [7, 11) is 0. The van der Waals surface area contributed by atoms with Crippen LogP contribution in [0, 0.1) is 5.92 Å². The van der Waals surface area contributed by atoms with Gasteiger partial charge in [0.05, 0.1) is 11.6 Å². The fraction of sp³-hybridized carbons (Fsp3) is 0.500. The van der Waals surface area contributed by atoms with Gasteiger partial charge in [-0.3, -0.25) is 0 Å². The lowest BCUT2D eigenvalue weighted by molar-refractivity contribution is 0.300. The number of hydrogen-bond donors (Lipinski definition) is 0. The lowest BCUT2D eigenvalue weighted by atomic mass is 10.2. The number of ether oxygens (including phenoxy) is 1. The number of hydrogen-bond acceptors (Lipinski definition) is 1. The van der Waals surface area contributed by atoms with E-state index in [0.717, 1.165) is 29.7 Å². The highest BCUT2D eigenvalue weighted by atomic mass is 35.5. The van der Waals surface area contributed by atoms with Crippen molar-refractivity contribution in [3.05, 3.63) is 28.8 Å². The first-order valence-electron chi connectivity index (χ1n) is 5.21. The maximum atomic E-state index is 6.09. The van der Waals surface area contributed by atoms with Gasteiger partial charge >= 0.3 is 0 Å². The Hall–Kier alpha value is -0.690. The first kappa shape index (κ1) is 9.85. The van der Waals surface area contributed by atoms with Crippen LogP contribution in [0.25, 0.3) is 0 Å². The van der Waals surface area contributed by atoms with E-state index in [1.54, 1.807) is 0 Å². The van der Waals surface area contributed by atoms with E-state index in [4.69, 9.17) is 16.3 Å². The topological polar surface area (TPSA) is 9.23 Å². The molecule has 1 aromatic rings. The minimum atomic E-state index is 0.741. The van der Waals surface area contributed by atoms with Crippen LogP contribution in [0.1, 0.15) is 25.3 Å². The molecule has 1 fully saturated rings. The van der Waals surface area contributed by atoms with Crippen LogP contribution in [0.5, 0.6) is 5.75 Å². The Balaban J connectivity index is 2.01. The minimum absolute atomic E-state index is 0.741. The van der Waals surface area contributed by atoms with Gasteiger partial charge in [-0.2, -0.15) is 0 Å². The van der Waals surface area contributed by atoms with Crippen molar-refractivity contribution in [2.75, 3.05) is 6.61 Å². The molecular formula is C12H15ClO. The molecule has 1 aliphatic carbocycles. The standard InChI is InChI=1S/C12H15ClO/c1-2-9-5-6-12(11(13)7-9)14-8-10-3-4-10/h5-7,10H,2-4,8H2,1H3. The van der Waals surface area contributed by atoms with E-state index in [0.29, 0.717) is 0 Å². The molecule has 2 rings (SSSR count). The molecule has 14 heavy (non-hydrogen) atoms. The Morgan fingerprint density at radius 2 is 2.21 bits per heavy atom. The second-order valence-corrected chi connectivity index (χ2v) is 4.28. The molecule has 0 aliphatic heterocycles. The Bertz CT molecular complexity index is 318. The van der Waals surface area contributed by atoms with Gasteiger partial charge < -0.3 is 4.74 Å². The van der Waals surface area contributed by atoms with Gasteiger partial charge in [0.1, 0.15) is 5.75 Å². The van der Waals surface area contributed by atoms with E-state index in [-0.39, 0.29) is 0 Å². The van der Waals surface area contributed by atoms with Gasteiger partial charge in [0.15, 0.2) is 0 Å². The highest BCUT2D eigenvalue weighted by Crippen LogP contribution is 2.32. The molecule has 0 unspecified atom stereocenters. The van der Waals surface area contributed by atoms with Crippen molar-refractivity contribution in [2.24, 2.45) is 5.92 Å². The van der Waals surface area contributed by atoms with Crippen LogP contribution < -0.4 is 4.74 Å². The molecule has 0 N–H and O–H groups in total. The maximum Gasteiger partial charge on any atom is 0.137 e. The van der Waals surface area contributed by atoms with E-state index in [1.165, 1.54) is 18.4 Å². The van der Waals surface area contributed by atoms with Crippen LogP contribution in [-0.2, 0) is 6.42 Å². The molecule has 0 atom stereocenters. The summed E-state index contributed by atoms with van der Waals surface area (Å²) in [5, 5.41) is 0.741. The van der Waals surface area contributed by atoms with Crippen molar-refractivity contribution in [3.8, 4) is 5.75 Å². The second kappa shape index (κ2) is 4.22. The quantitative estimate of drug-likeness (QED) is 0.737. The summed E-state index contributed by atoms with van der Waals surface area (Å²) in [4.78, 5) is 0. The third-order valence-electron chi connectivity index (χ3n) is 2.58. The minimum Gasteiger partial charge on any atom is -0.492 e. The molecule has 0 heterocycles. The van der Waals surface area contributed by atoms with E-state index in [2.05, 4.69) is 13.0 Å². The third-order valence-corrected chi connectivity index (χ3v) is 2.87. The normalized spacial score (nSPS) is 15.6. The van der Waals surface area contributed by atoms with E-state index in [1.807, 2.05) is 12.1 Å². The van der Waals surface area contributed by atoms with Gasteiger partial charge in [0.25, 0.3) is 0 Å². The molecule has 1 saturated carbocycles. The fourth-order valence-corrected chi connectivity index (χ4v) is 1.63. The van der Waals surface area contributed by atoms with Gasteiger partial charge in [-0.15, -0.1) is 0 Å². The molecular weight excluding hydrogens is 196 g/mol. The molecule has 76 valence electrons. The predicted molar refractivity (Wildman–Crippen MR) is 59.0 cm³/mol. The first-order chi connectivity index (χ1) is 6.79. The van der Waals surface area contributed by atoms with Gasteiger partial charge in [0.2, 0.25) is 0 Å². The summed E-state index contributed by atoms with van der Waals surface area (Å²) in [6.07, 6.45) is 3.64. The average Bonchev–Trinajstić information content (AvgIpc) is 2.99. The smallest absolute Gasteiger partial charge is 0.137 e. The predicted octanol–water partition coefficient (Wildman–Crippen LogP) is 3.69. The highest BCUT2D eigenvalue weighted by molar-refractivity contribution is 6.32. The molecule has 0 aromatic heterocycles. The lowest BCUT2D eigenvalue weighted by Crippen LogP contribution is -1.99. The Labute approximate surface area is 90.0 Å². The molecule has 0 amide bonds. The number of aryl methyl sites for hydroxylation is 1. The van der Waals surface area contributed by atoms with Gasteiger partial charge in [-0.1, -0.05) is 24.6 Å². The fourth-order valence-electron chi connectivity index (χ4n) is 1.37. The first-order valence-corrected chi connectivity index (χ1v) is 5.58. The van der Waals surface area contributed by atoms with Crippen LogP contribution >= 0.6 is 11.6 Å². The largest absolute Gasteiger partial charge is 0.492 e. The van der Waals surface area contributed by atoms with Crippen LogP contribution in [0.15, 0.2) is 18.2 Å². The van der Waals surface area contributed by atoms with E-state index in [9.17, 15) is 0 Å². The van der Waals surface area contributed by atoms with Crippen LogP contribution in [-0.4, -0.2) is 6.61 Å². The lowest BCUT2D eigenvalue weighted by Gasteiger charge is -2.08. The number of rotatable bonds is 4. The average molecular weight is 211 g/mol. The molecule has 0 spiro atoms. The zero-order valence-electron chi connectivity index (χ0n) is 8.42. The van der Waals surface area contributed by atoms with E-state index < -0.39 is 0 Å². The summed E-state index contributed by atoms with van der Waals surface area (Å²) >= 11 is 6.09. The zero-order valence-corrected chi connectivity index (χ0v) is 9.18. The molecule has 1 nitrogen and oxygen atoms in total. The van der Waals surface area contributed by atoms with Crippen molar-refractivity contribution in [1.29, 1.82) is 0 Å². The monoisotopic (exact) mass is 210 g/mol. The molecule has 0 radical (unpaired) electrons. The van der Waals surface area contributed by atoms with Gasteiger partial charge in [0, 0.05) is 0 Å². The summed E-state index contributed by atoms with van der Waals surface area (Å²) in [5.41, 5.74) is 1.26. The number of benzene rings is 1. The highest BCUT2D eigenvalue weighted by Gasteiger charge is 2.22. The summed E-state index contributed by atoms with van der Waals surface area (Å²) in [5.74, 6) is 1.60. The van der Waals surface area contributed by atoms with Crippen molar-refractivity contribution < 1.29 is 4.74 Å². The third kappa shape index (κ3) is 2.42. The summed E-state index contributed by atoms with van der Waals surface area (Å²) < 4.78 is 5.63. The molecule has 0 bridgehead atoms. The van der Waals surface area contributed by atoms with E-state index >= 15 is 0 Å². The van der Waals surface area contributed by atoms with Crippen molar-refractivity contribution in [1.82, 2.24) is 0 Å². The molecule has 0 saturated heterocycles. The van der Waals surface area contributed by atoms with Crippen molar-refractivity contribution >= 4 is 11.6 Å². The van der Waals surface area contributed by atoms with Crippen LogP contribution in [0.2, 0.25) is 5.02 Å². The molecule has 1 aromatic carbocycles. The second-order valence-electron chi connectivity index (χ2n) is 3.87. The van der Waals surface area contributed by atoms with Crippen LogP contribution in [0.3, 0.4) is 0 Å². The summed E-state index contributed by atoms with van der Waals surface area (Å²) in [6.45, 7) is 2.95. The molecule has 1 aliphatic rings.